The van der Waals surface area contributed by atoms with E-state index in [1.54, 1.807) is 0 Å². The van der Waals surface area contributed by atoms with E-state index in [-0.39, 0.29) is 36.2 Å². The number of carbonyl (C=O) groups excluding carboxylic acids is 2. The van der Waals surface area contributed by atoms with Gasteiger partial charge < -0.3 is 10.2 Å². The lowest BCUT2D eigenvalue weighted by Gasteiger charge is -2.39. The lowest BCUT2D eigenvalue weighted by molar-refractivity contribution is -0.144. The summed E-state index contributed by atoms with van der Waals surface area (Å²) < 4.78 is 0. The van der Waals surface area contributed by atoms with Crippen LogP contribution in [0.25, 0.3) is 0 Å². The van der Waals surface area contributed by atoms with Crippen molar-refractivity contribution in [2.24, 2.45) is 35.5 Å². The van der Waals surface area contributed by atoms with E-state index >= 15 is 0 Å². The molecule has 0 aliphatic heterocycles. The monoisotopic (exact) mass is 420 g/mol. The maximum Gasteiger partial charge on any atom is 0.304 e. The third kappa shape index (κ3) is 5.70. The Balaban J connectivity index is 0.000000171. The largest absolute Gasteiger partial charge is 0.481 e. The molecule has 4 aliphatic rings. The van der Waals surface area contributed by atoms with Crippen LogP contribution in [0.4, 0.5) is 0 Å². The predicted octanol–water partition coefficient (Wildman–Crippen LogP) is 4.49. The van der Waals surface area contributed by atoms with Gasteiger partial charge in [-0.1, -0.05) is 38.5 Å². The Morgan fingerprint density at radius 3 is 1.37 bits per heavy atom. The van der Waals surface area contributed by atoms with Gasteiger partial charge in [0, 0.05) is 24.7 Å². The number of carboxylic acid groups (broad SMARTS) is 2. The Morgan fingerprint density at radius 2 is 1.00 bits per heavy atom. The zero-order valence-electron chi connectivity index (χ0n) is 17.9. The fourth-order valence-corrected chi connectivity index (χ4v) is 6.66. The van der Waals surface area contributed by atoms with E-state index in [1.165, 1.54) is 38.5 Å². The van der Waals surface area contributed by atoms with Crippen LogP contribution in [0.3, 0.4) is 0 Å². The van der Waals surface area contributed by atoms with E-state index in [4.69, 9.17) is 10.2 Å². The minimum Gasteiger partial charge on any atom is -0.481 e. The molecule has 6 heteroatoms. The lowest BCUT2D eigenvalue weighted by atomic mass is 9.64. The molecule has 168 valence electrons. The Kier molecular flexibility index (Phi) is 8.06. The Morgan fingerprint density at radius 1 is 0.633 bits per heavy atom. The molecule has 6 nitrogen and oxygen atoms in total. The number of rotatable bonds is 4. The molecule has 0 unspecified atom stereocenters. The van der Waals surface area contributed by atoms with Crippen LogP contribution in [0.5, 0.6) is 0 Å². The van der Waals surface area contributed by atoms with Crippen LogP contribution >= 0.6 is 0 Å². The molecule has 0 aromatic rings. The van der Waals surface area contributed by atoms with E-state index in [0.29, 0.717) is 36.5 Å². The van der Waals surface area contributed by atoms with Gasteiger partial charge in [0.25, 0.3) is 0 Å². The normalized spacial score (nSPS) is 36.0. The quantitative estimate of drug-likeness (QED) is 0.693. The summed E-state index contributed by atoms with van der Waals surface area (Å²) in [6.45, 7) is 0. The highest BCUT2D eigenvalue weighted by atomic mass is 16.4. The van der Waals surface area contributed by atoms with E-state index in [2.05, 4.69) is 0 Å². The van der Waals surface area contributed by atoms with Gasteiger partial charge in [0.2, 0.25) is 0 Å². The summed E-state index contributed by atoms with van der Waals surface area (Å²) >= 11 is 0. The molecule has 0 bridgehead atoms. The van der Waals surface area contributed by atoms with E-state index in [1.807, 2.05) is 0 Å². The first-order valence-electron chi connectivity index (χ1n) is 11.9. The van der Waals surface area contributed by atoms with Crippen LogP contribution in [-0.4, -0.2) is 33.7 Å². The third-order valence-corrected chi connectivity index (χ3v) is 8.11. The van der Waals surface area contributed by atoms with Crippen LogP contribution in [0.1, 0.15) is 89.9 Å². The van der Waals surface area contributed by atoms with Gasteiger partial charge >= 0.3 is 11.9 Å². The molecule has 0 amide bonds. The molecule has 4 saturated carbocycles. The molecule has 0 saturated heterocycles. The number of ketones is 2. The number of fused-ring (bicyclic) bond motifs is 2. The molecular weight excluding hydrogens is 384 g/mol. The molecule has 0 heterocycles. The summed E-state index contributed by atoms with van der Waals surface area (Å²) in [5.41, 5.74) is 0. The number of carbonyl (C=O) groups is 4. The van der Waals surface area contributed by atoms with Crippen LogP contribution < -0.4 is 0 Å². The van der Waals surface area contributed by atoms with Crippen molar-refractivity contribution in [2.75, 3.05) is 0 Å². The zero-order chi connectivity index (χ0) is 21.7. The molecule has 6 atom stereocenters. The van der Waals surface area contributed by atoms with Crippen molar-refractivity contribution in [3.63, 3.8) is 0 Å². The maximum atomic E-state index is 11.7. The second-order valence-electron chi connectivity index (χ2n) is 9.84. The molecule has 30 heavy (non-hydrogen) atoms. The number of hydrogen-bond donors (Lipinski definition) is 2. The molecule has 4 aliphatic carbocycles. The van der Waals surface area contributed by atoms with Crippen LogP contribution in [0.15, 0.2) is 0 Å². The first-order chi connectivity index (χ1) is 14.4. The molecular formula is C24H36O6. The summed E-state index contributed by atoms with van der Waals surface area (Å²) in [6.07, 6.45) is 12.7. The molecule has 2 N–H and O–H groups in total. The van der Waals surface area contributed by atoms with Crippen molar-refractivity contribution in [3.05, 3.63) is 0 Å². The van der Waals surface area contributed by atoms with E-state index in [9.17, 15) is 19.2 Å². The van der Waals surface area contributed by atoms with Crippen molar-refractivity contribution in [1.82, 2.24) is 0 Å². The molecule has 4 rings (SSSR count). The van der Waals surface area contributed by atoms with Crippen LogP contribution in [-0.2, 0) is 19.2 Å². The van der Waals surface area contributed by atoms with Gasteiger partial charge in [0.05, 0.1) is 12.8 Å². The van der Waals surface area contributed by atoms with E-state index < -0.39 is 11.9 Å². The predicted molar refractivity (Wildman–Crippen MR) is 111 cm³/mol. The van der Waals surface area contributed by atoms with Gasteiger partial charge in [-0.3, -0.25) is 19.2 Å². The summed E-state index contributed by atoms with van der Waals surface area (Å²) in [5.74, 6) is 0.386. The third-order valence-electron chi connectivity index (χ3n) is 8.11. The first-order valence-corrected chi connectivity index (χ1v) is 11.9. The highest BCUT2D eigenvalue weighted by Gasteiger charge is 2.41. The van der Waals surface area contributed by atoms with Gasteiger partial charge in [-0.15, -0.1) is 0 Å². The van der Waals surface area contributed by atoms with Gasteiger partial charge in [0.1, 0.15) is 11.6 Å². The standard InChI is InChI=1S/2C12H18O3/c2*13-11-6-5-8-3-1-2-4-9(8)10(11)7-12(14)15/h2*8-10H,1-7H2,(H,14,15)/t2*8-,9+,10-/m10/s1. The Bertz CT molecular complexity index is 600. The molecule has 0 aromatic carbocycles. The summed E-state index contributed by atoms with van der Waals surface area (Å²) in [7, 11) is 0. The van der Waals surface area contributed by atoms with Gasteiger partial charge in [-0.05, 0) is 49.4 Å². The molecule has 0 radical (unpaired) electrons. The maximum absolute atomic E-state index is 11.7. The van der Waals surface area contributed by atoms with Gasteiger partial charge in [-0.2, -0.15) is 0 Å². The topological polar surface area (TPSA) is 109 Å². The number of aliphatic carboxylic acids is 2. The van der Waals surface area contributed by atoms with Crippen LogP contribution in [0, 0.1) is 35.5 Å². The second kappa shape index (κ2) is 10.5. The SMILES string of the molecule is O=C(O)C[C@@H]1C(=O)CC[C@@H]2CCCC[C@H]21.O=C(O)C[C@H]1C(=O)CC[C@H]2CCCC[C@@H]21. The minimum absolute atomic E-state index is 0.0556. The van der Waals surface area contributed by atoms with Crippen molar-refractivity contribution in [1.29, 1.82) is 0 Å². The molecule has 0 aromatic heterocycles. The fourth-order valence-electron chi connectivity index (χ4n) is 6.66. The smallest absolute Gasteiger partial charge is 0.304 e. The Hall–Kier alpha value is -1.72. The van der Waals surface area contributed by atoms with Gasteiger partial charge in [-0.25, -0.2) is 0 Å². The van der Waals surface area contributed by atoms with Crippen molar-refractivity contribution in [2.45, 2.75) is 89.9 Å². The summed E-state index contributed by atoms with van der Waals surface area (Å²) in [4.78, 5) is 44.9. The van der Waals surface area contributed by atoms with Crippen molar-refractivity contribution < 1.29 is 29.4 Å². The average molecular weight is 421 g/mol. The number of Topliss-reactive ketones (excluding diaryl/α,β-unsaturated/α-hetero) is 2. The fraction of sp³-hybridized carbons (Fsp3) is 0.833. The number of carboxylic acids is 2. The second-order valence-corrected chi connectivity index (χ2v) is 9.84. The summed E-state index contributed by atoms with van der Waals surface area (Å²) in [6, 6.07) is 0. The molecule has 4 fully saturated rings. The van der Waals surface area contributed by atoms with E-state index in [0.717, 1.165) is 25.7 Å². The van der Waals surface area contributed by atoms with Crippen molar-refractivity contribution >= 4 is 23.5 Å². The highest BCUT2D eigenvalue weighted by Crippen LogP contribution is 2.44. The average Bonchev–Trinajstić information content (AvgIpc) is 2.72. The minimum atomic E-state index is -0.820. The Labute approximate surface area is 178 Å². The molecule has 0 spiro atoms. The zero-order valence-corrected chi connectivity index (χ0v) is 17.9. The van der Waals surface area contributed by atoms with Gasteiger partial charge in [0.15, 0.2) is 0 Å². The highest BCUT2D eigenvalue weighted by molar-refractivity contribution is 5.86. The van der Waals surface area contributed by atoms with Crippen molar-refractivity contribution in [3.8, 4) is 0 Å². The number of hydrogen-bond acceptors (Lipinski definition) is 4. The lowest BCUT2D eigenvalue weighted by Crippen LogP contribution is -2.38. The van der Waals surface area contributed by atoms with Crippen LogP contribution in [0.2, 0.25) is 0 Å². The summed E-state index contributed by atoms with van der Waals surface area (Å²) in [5, 5.41) is 17.6. The first kappa shape index (κ1) is 23.0.